The van der Waals surface area contributed by atoms with Crippen molar-refractivity contribution < 1.29 is 14.5 Å². The number of ether oxygens (including phenoxy) is 1. The normalized spacial score (nSPS) is 21.2. The van der Waals surface area contributed by atoms with Crippen molar-refractivity contribution in [2.75, 3.05) is 12.4 Å². The van der Waals surface area contributed by atoms with Gasteiger partial charge in [0.25, 0.3) is 5.91 Å². The van der Waals surface area contributed by atoms with Gasteiger partial charge in [-0.15, -0.1) is 11.3 Å². The van der Waals surface area contributed by atoms with Crippen LogP contribution in [0, 0.1) is 16.0 Å². The first-order valence-corrected chi connectivity index (χ1v) is 9.34. The first-order valence-electron chi connectivity index (χ1n) is 8.52. The van der Waals surface area contributed by atoms with Crippen LogP contribution in [-0.2, 0) is 12.8 Å². The number of anilines is 1. The minimum Gasteiger partial charge on any atom is -0.490 e. The van der Waals surface area contributed by atoms with Crippen LogP contribution in [0.2, 0.25) is 0 Å². The highest BCUT2D eigenvalue weighted by Crippen LogP contribution is 2.43. The van der Waals surface area contributed by atoms with Crippen LogP contribution < -0.4 is 15.4 Å². The number of nitrogens with one attached hydrogen (secondary N) is 2. The lowest BCUT2D eigenvalue weighted by molar-refractivity contribution is -0.385. The second-order valence-corrected chi connectivity index (χ2v) is 7.90. The molecule has 7 nitrogen and oxygen atoms in total. The second-order valence-electron chi connectivity index (χ2n) is 6.80. The van der Waals surface area contributed by atoms with Gasteiger partial charge in [0.05, 0.1) is 17.6 Å². The van der Waals surface area contributed by atoms with E-state index in [1.165, 1.54) is 18.1 Å². The van der Waals surface area contributed by atoms with Crippen molar-refractivity contribution in [3.05, 3.63) is 49.9 Å². The molecule has 0 radical (unpaired) electrons. The summed E-state index contributed by atoms with van der Waals surface area (Å²) in [5.74, 6) is 0.710. The Morgan fingerprint density at radius 1 is 1.35 bits per heavy atom. The van der Waals surface area contributed by atoms with E-state index in [-0.39, 0.29) is 17.3 Å². The number of nitrogens with zero attached hydrogens (tertiary/aromatic N) is 1. The number of rotatable bonds is 3. The van der Waals surface area contributed by atoms with Crippen LogP contribution in [0.25, 0.3) is 0 Å². The summed E-state index contributed by atoms with van der Waals surface area (Å²) in [5, 5.41) is 18.4. The molecule has 0 fully saturated rings. The van der Waals surface area contributed by atoms with Gasteiger partial charge in [-0.2, -0.15) is 0 Å². The van der Waals surface area contributed by atoms with Crippen LogP contribution >= 0.6 is 11.3 Å². The molecule has 2 aliphatic rings. The number of methoxy groups -OCH3 is 1. The van der Waals surface area contributed by atoms with Crippen molar-refractivity contribution in [3.63, 3.8) is 0 Å². The number of amides is 1. The largest absolute Gasteiger partial charge is 0.490 e. The lowest BCUT2D eigenvalue weighted by atomic mass is 9.88. The minimum atomic E-state index is -0.503. The molecule has 2 N–H and O–H groups in total. The number of nitro groups is 1. The van der Waals surface area contributed by atoms with Gasteiger partial charge in [0.2, 0.25) is 0 Å². The van der Waals surface area contributed by atoms with Gasteiger partial charge in [-0.25, -0.2) is 0 Å². The summed E-state index contributed by atoms with van der Waals surface area (Å²) in [7, 11) is 1.39. The maximum absolute atomic E-state index is 12.7. The van der Waals surface area contributed by atoms with Crippen LogP contribution in [0.3, 0.4) is 0 Å². The summed E-state index contributed by atoms with van der Waals surface area (Å²) < 4.78 is 5.04. The van der Waals surface area contributed by atoms with E-state index in [1.807, 2.05) is 0 Å². The third-order valence-electron chi connectivity index (χ3n) is 5.02. The predicted octanol–water partition coefficient (Wildman–Crippen LogP) is 3.64. The molecule has 2 atom stereocenters. The summed E-state index contributed by atoms with van der Waals surface area (Å²) in [6, 6.07) is 4.72. The van der Waals surface area contributed by atoms with E-state index >= 15 is 0 Å². The van der Waals surface area contributed by atoms with Gasteiger partial charge in [0.15, 0.2) is 5.75 Å². The number of carbonyl (C=O) groups excluding carboxylic acids is 1. The van der Waals surface area contributed by atoms with Gasteiger partial charge in [0, 0.05) is 16.5 Å². The molecule has 136 valence electrons. The number of benzene rings is 1. The third kappa shape index (κ3) is 2.70. The van der Waals surface area contributed by atoms with Crippen LogP contribution in [0.1, 0.15) is 45.9 Å². The lowest BCUT2D eigenvalue weighted by Crippen LogP contribution is -2.38. The Morgan fingerprint density at radius 3 is 2.88 bits per heavy atom. The summed E-state index contributed by atoms with van der Waals surface area (Å²) in [5.41, 5.74) is 2.41. The smallest absolute Gasteiger partial charge is 0.311 e. The molecule has 1 aromatic carbocycles. The molecule has 8 heteroatoms. The number of hydrogen-bond acceptors (Lipinski definition) is 6. The zero-order chi connectivity index (χ0) is 18.4. The van der Waals surface area contributed by atoms with E-state index in [2.05, 4.69) is 17.6 Å². The van der Waals surface area contributed by atoms with Crippen molar-refractivity contribution in [1.82, 2.24) is 5.32 Å². The van der Waals surface area contributed by atoms with E-state index in [0.717, 1.165) is 35.4 Å². The molecule has 0 saturated heterocycles. The molecular weight excluding hydrogens is 354 g/mol. The topological polar surface area (TPSA) is 93.5 Å². The molecule has 0 saturated carbocycles. The quantitative estimate of drug-likeness (QED) is 0.633. The van der Waals surface area contributed by atoms with Crippen molar-refractivity contribution in [3.8, 4) is 5.75 Å². The van der Waals surface area contributed by atoms with Gasteiger partial charge in [-0.3, -0.25) is 14.9 Å². The van der Waals surface area contributed by atoms with Gasteiger partial charge in [0.1, 0.15) is 11.2 Å². The number of thiophene rings is 1. The molecular formula is C18H19N3O4S. The van der Waals surface area contributed by atoms with E-state index in [9.17, 15) is 14.9 Å². The van der Waals surface area contributed by atoms with Crippen LogP contribution in [0.5, 0.6) is 5.75 Å². The van der Waals surface area contributed by atoms with Gasteiger partial charge in [-0.1, -0.05) is 13.0 Å². The average molecular weight is 373 g/mol. The fourth-order valence-electron chi connectivity index (χ4n) is 3.66. The zero-order valence-corrected chi connectivity index (χ0v) is 15.3. The fraction of sp³-hybridized carbons (Fsp3) is 0.389. The molecule has 0 bridgehead atoms. The van der Waals surface area contributed by atoms with Crippen LogP contribution in [0.4, 0.5) is 10.7 Å². The highest BCUT2D eigenvalue weighted by Gasteiger charge is 2.33. The Labute approximate surface area is 154 Å². The minimum absolute atomic E-state index is 0.116. The van der Waals surface area contributed by atoms with Crippen LogP contribution in [-0.4, -0.2) is 17.9 Å². The SMILES string of the molecule is COc1ccc([C@@H]2NC(=O)c3c(sc4c3CC[C@@H](C)C4)N2)cc1[N+](=O)[O-]. The molecule has 2 aromatic rings. The molecule has 2 heterocycles. The average Bonchev–Trinajstić information content (AvgIpc) is 2.98. The third-order valence-corrected chi connectivity index (χ3v) is 6.21. The Morgan fingerprint density at radius 2 is 2.15 bits per heavy atom. The maximum atomic E-state index is 12.7. The highest BCUT2D eigenvalue weighted by atomic mass is 32.1. The van der Waals surface area contributed by atoms with Crippen molar-refractivity contribution >= 4 is 27.9 Å². The highest BCUT2D eigenvalue weighted by molar-refractivity contribution is 7.16. The molecule has 26 heavy (non-hydrogen) atoms. The summed E-state index contributed by atoms with van der Waals surface area (Å²) in [6.45, 7) is 2.23. The summed E-state index contributed by atoms with van der Waals surface area (Å²) >= 11 is 1.63. The monoisotopic (exact) mass is 373 g/mol. The van der Waals surface area contributed by atoms with Gasteiger partial charge >= 0.3 is 5.69 Å². The maximum Gasteiger partial charge on any atom is 0.311 e. The zero-order valence-electron chi connectivity index (χ0n) is 14.5. The molecule has 1 aliphatic heterocycles. The fourth-order valence-corrected chi connectivity index (χ4v) is 5.10. The van der Waals surface area contributed by atoms with Crippen LogP contribution in [0.15, 0.2) is 18.2 Å². The Hall–Kier alpha value is -2.61. The van der Waals surface area contributed by atoms with Gasteiger partial charge < -0.3 is 15.4 Å². The number of carbonyl (C=O) groups is 1. The first-order chi connectivity index (χ1) is 12.5. The van der Waals surface area contributed by atoms with E-state index in [4.69, 9.17) is 4.74 Å². The predicted molar refractivity (Wildman–Crippen MR) is 99.0 cm³/mol. The summed E-state index contributed by atoms with van der Waals surface area (Å²) in [4.78, 5) is 24.8. The number of hydrogen-bond donors (Lipinski definition) is 2. The standard InChI is InChI=1S/C18H19N3O4S/c1-9-3-5-11-14(7-9)26-18-15(11)17(22)19-16(20-18)10-4-6-13(25-2)12(8-10)21(23)24/h4,6,8-9,16,20H,3,5,7H2,1-2H3,(H,19,22)/t9-,16-/m1/s1. The molecule has 0 unspecified atom stereocenters. The van der Waals surface area contributed by atoms with Crippen molar-refractivity contribution in [1.29, 1.82) is 0 Å². The Balaban J connectivity index is 1.69. The van der Waals surface area contributed by atoms with E-state index in [1.54, 1.807) is 23.5 Å². The van der Waals surface area contributed by atoms with Crippen molar-refractivity contribution in [2.45, 2.75) is 32.4 Å². The lowest BCUT2D eigenvalue weighted by Gasteiger charge is -2.27. The van der Waals surface area contributed by atoms with E-state index < -0.39 is 11.1 Å². The Bertz CT molecular complexity index is 908. The van der Waals surface area contributed by atoms with Gasteiger partial charge in [-0.05, 0) is 36.8 Å². The molecule has 4 rings (SSSR count). The molecule has 1 amide bonds. The number of nitro benzene ring substituents is 1. The Kier molecular flexibility index (Phi) is 4.07. The van der Waals surface area contributed by atoms with Crippen molar-refractivity contribution in [2.24, 2.45) is 5.92 Å². The molecule has 1 aliphatic carbocycles. The molecule has 1 aromatic heterocycles. The number of fused-ring (bicyclic) bond motifs is 3. The second kappa shape index (κ2) is 6.28. The van der Waals surface area contributed by atoms with E-state index in [0.29, 0.717) is 11.5 Å². The first kappa shape index (κ1) is 16.8. The summed E-state index contributed by atoms with van der Waals surface area (Å²) in [6.07, 6.45) is 2.52. The molecule has 0 spiro atoms.